The molecule has 0 amide bonds. The van der Waals surface area contributed by atoms with Crippen molar-refractivity contribution in [1.82, 2.24) is 0 Å². The van der Waals surface area contributed by atoms with Crippen molar-refractivity contribution in [3.8, 4) is 0 Å². The quantitative estimate of drug-likeness (QED) is 0.735. The van der Waals surface area contributed by atoms with Crippen LogP contribution in [0.15, 0.2) is 18.2 Å². The molecule has 4 heteroatoms. The van der Waals surface area contributed by atoms with Crippen molar-refractivity contribution in [2.24, 2.45) is 5.73 Å². The van der Waals surface area contributed by atoms with Gasteiger partial charge in [-0.2, -0.15) is 0 Å². The Morgan fingerprint density at radius 3 is 2.77 bits per heavy atom. The van der Waals surface area contributed by atoms with Crippen molar-refractivity contribution < 1.29 is 4.39 Å². The monoisotopic (exact) mass is 202 g/mol. The van der Waals surface area contributed by atoms with E-state index in [0.29, 0.717) is 17.3 Å². The van der Waals surface area contributed by atoms with Gasteiger partial charge >= 0.3 is 0 Å². The molecular formula is C9H12ClFN2. The van der Waals surface area contributed by atoms with Crippen molar-refractivity contribution in [1.29, 1.82) is 0 Å². The summed E-state index contributed by atoms with van der Waals surface area (Å²) in [6.07, 6.45) is 0.855. The third kappa shape index (κ3) is 3.61. The van der Waals surface area contributed by atoms with Gasteiger partial charge in [0.1, 0.15) is 5.82 Å². The third-order valence-electron chi connectivity index (χ3n) is 1.57. The largest absolute Gasteiger partial charge is 0.385 e. The number of anilines is 1. The van der Waals surface area contributed by atoms with Gasteiger partial charge in [-0.15, -0.1) is 0 Å². The first-order valence-corrected chi connectivity index (χ1v) is 4.50. The maximum Gasteiger partial charge on any atom is 0.126 e. The third-order valence-corrected chi connectivity index (χ3v) is 1.79. The van der Waals surface area contributed by atoms with Gasteiger partial charge in [0.05, 0.1) is 0 Å². The predicted molar refractivity (Wildman–Crippen MR) is 53.6 cm³/mol. The highest BCUT2D eigenvalue weighted by molar-refractivity contribution is 6.30. The lowest BCUT2D eigenvalue weighted by Crippen LogP contribution is -2.08. The van der Waals surface area contributed by atoms with Gasteiger partial charge in [0.25, 0.3) is 0 Å². The number of hydrogen-bond donors (Lipinski definition) is 2. The normalized spacial score (nSPS) is 10.1. The van der Waals surface area contributed by atoms with Crippen LogP contribution in [0.3, 0.4) is 0 Å². The molecule has 0 aliphatic carbocycles. The molecule has 1 aromatic rings. The minimum absolute atomic E-state index is 0.331. The maximum atomic E-state index is 12.8. The SMILES string of the molecule is NCCCNc1cc(F)cc(Cl)c1. The molecule has 0 radical (unpaired) electrons. The Bertz CT molecular complexity index is 258. The highest BCUT2D eigenvalue weighted by Gasteiger charge is 1.97. The molecular weight excluding hydrogens is 191 g/mol. The van der Waals surface area contributed by atoms with Crippen molar-refractivity contribution >= 4 is 17.3 Å². The number of halogens is 2. The van der Waals surface area contributed by atoms with Gasteiger partial charge in [-0.3, -0.25) is 0 Å². The molecule has 0 atom stereocenters. The molecule has 0 fully saturated rings. The minimum atomic E-state index is -0.331. The van der Waals surface area contributed by atoms with Gasteiger partial charge in [0, 0.05) is 17.3 Å². The second-order valence-electron chi connectivity index (χ2n) is 2.73. The van der Waals surface area contributed by atoms with Crippen LogP contribution in [-0.2, 0) is 0 Å². The highest BCUT2D eigenvalue weighted by Crippen LogP contribution is 2.17. The van der Waals surface area contributed by atoms with Crippen LogP contribution in [-0.4, -0.2) is 13.1 Å². The minimum Gasteiger partial charge on any atom is -0.385 e. The van der Waals surface area contributed by atoms with Crippen LogP contribution in [0.5, 0.6) is 0 Å². The van der Waals surface area contributed by atoms with Crippen molar-refractivity contribution in [2.75, 3.05) is 18.4 Å². The maximum absolute atomic E-state index is 12.8. The van der Waals surface area contributed by atoms with E-state index in [1.807, 2.05) is 0 Å². The molecule has 1 aromatic carbocycles. The Hall–Kier alpha value is -0.800. The molecule has 0 heterocycles. The van der Waals surface area contributed by atoms with E-state index in [0.717, 1.165) is 13.0 Å². The summed E-state index contributed by atoms with van der Waals surface area (Å²) in [4.78, 5) is 0. The van der Waals surface area contributed by atoms with Crippen LogP contribution in [0.2, 0.25) is 5.02 Å². The lowest BCUT2D eigenvalue weighted by molar-refractivity contribution is 0.628. The van der Waals surface area contributed by atoms with Crippen LogP contribution in [0.25, 0.3) is 0 Å². The predicted octanol–water partition coefficient (Wildman–Crippen LogP) is 2.24. The fraction of sp³-hybridized carbons (Fsp3) is 0.333. The van der Waals surface area contributed by atoms with Crippen LogP contribution < -0.4 is 11.1 Å². The molecule has 0 aliphatic heterocycles. The standard InChI is InChI=1S/C9H12ClFN2/c10-7-4-8(11)6-9(5-7)13-3-1-2-12/h4-6,13H,1-3,12H2. The summed E-state index contributed by atoms with van der Waals surface area (Å²) in [6, 6.07) is 4.36. The van der Waals surface area contributed by atoms with Crippen molar-refractivity contribution in [3.63, 3.8) is 0 Å². The van der Waals surface area contributed by atoms with Crippen molar-refractivity contribution in [3.05, 3.63) is 29.0 Å². The van der Waals surface area contributed by atoms with Crippen LogP contribution in [0.1, 0.15) is 6.42 Å². The average molecular weight is 203 g/mol. The molecule has 0 aliphatic rings. The Labute approximate surface area is 81.9 Å². The molecule has 0 spiro atoms. The van der Waals surface area contributed by atoms with Crippen LogP contribution >= 0.6 is 11.6 Å². The second-order valence-corrected chi connectivity index (χ2v) is 3.16. The Morgan fingerprint density at radius 2 is 2.15 bits per heavy atom. The Kier molecular flexibility index (Phi) is 3.99. The Balaban J connectivity index is 2.56. The number of benzene rings is 1. The summed E-state index contributed by atoms with van der Waals surface area (Å²) in [7, 11) is 0. The zero-order chi connectivity index (χ0) is 9.68. The zero-order valence-corrected chi connectivity index (χ0v) is 7.94. The van der Waals surface area contributed by atoms with Crippen LogP contribution in [0, 0.1) is 5.82 Å². The van der Waals surface area contributed by atoms with Gasteiger partial charge in [-0.05, 0) is 31.2 Å². The molecule has 13 heavy (non-hydrogen) atoms. The molecule has 0 saturated carbocycles. The molecule has 72 valence electrons. The first-order valence-electron chi connectivity index (χ1n) is 4.12. The summed E-state index contributed by atoms with van der Waals surface area (Å²) in [5.41, 5.74) is 6.01. The molecule has 0 saturated heterocycles. The topological polar surface area (TPSA) is 38.0 Å². The summed E-state index contributed by atoms with van der Waals surface area (Å²) in [6.45, 7) is 1.35. The molecule has 2 nitrogen and oxygen atoms in total. The van der Waals surface area contributed by atoms with E-state index < -0.39 is 0 Å². The van der Waals surface area contributed by atoms with E-state index in [1.54, 1.807) is 6.07 Å². The van der Waals surface area contributed by atoms with Crippen molar-refractivity contribution in [2.45, 2.75) is 6.42 Å². The Morgan fingerprint density at radius 1 is 1.38 bits per heavy atom. The number of nitrogens with one attached hydrogen (secondary N) is 1. The molecule has 0 aromatic heterocycles. The van der Waals surface area contributed by atoms with Crippen LogP contribution in [0.4, 0.5) is 10.1 Å². The highest BCUT2D eigenvalue weighted by atomic mass is 35.5. The summed E-state index contributed by atoms with van der Waals surface area (Å²) >= 11 is 5.66. The lowest BCUT2D eigenvalue weighted by atomic mass is 10.3. The number of nitrogens with two attached hydrogens (primary N) is 1. The van der Waals surface area contributed by atoms with E-state index in [1.165, 1.54) is 12.1 Å². The van der Waals surface area contributed by atoms with Gasteiger partial charge in [0.15, 0.2) is 0 Å². The average Bonchev–Trinajstić information content (AvgIpc) is 2.03. The number of rotatable bonds is 4. The summed E-state index contributed by atoms with van der Waals surface area (Å²) < 4.78 is 12.8. The second kappa shape index (κ2) is 5.04. The molecule has 0 bridgehead atoms. The first-order chi connectivity index (χ1) is 6.22. The fourth-order valence-corrected chi connectivity index (χ4v) is 1.21. The van der Waals surface area contributed by atoms with E-state index >= 15 is 0 Å². The van der Waals surface area contributed by atoms with E-state index in [4.69, 9.17) is 17.3 Å². The smallest absolute Gasteiger partial charge is 0.126 e. The molecule has 1 rings (SSSR count). The zero-order valence-electron chi connectivity index (χ0n) is 7.19. The van der Waals surface area contributed by atoms with Gasteiger partial charge in [-0.1, -0.05) is 11.6 Å². The number of hydrogen-bond acceptors (Lipinski definition) is 2. The van der Waals surface area contributed by atoms with Gasteiger partial charge < -0.3 is 11.1 Å². The van der Waals surface area contributed by atoms with Gasteiger partial charge in [-0.25, -0.2) is 4.39 Å². The fourth-order valence-electron chi connectivity index (χ4n) is 0.991. The summed E-state index contributed by atoms with van der Waals surface area (Å²) in [5, 5.41) is 3.42. The molecule has 0 unspecified atom stereocenters. The van der Waals surface area contributed by atoms with Gasteiger partial charge in [0.2, 0.25) is 0 Å². The van der Waals surface area contributed by atoms with E-state index in [9.17, 15) is 4.39 Å². The summed E-state index contributed by atoms with van der Waals surface area (Å²) in [5.74, 6) is -0.331. The lowest BCUT2D eigenvalue weighted by Gasteiger charge is -2.05. The first kappa shape index (κ1) is 10.3. The molecule has 3 N–H and O–H groups in total. The van der Waals surface area contributed by atoms with E-state index in [2.05, 4.69) is 5.32 Å². The van der Waals surface area contributed by atoms with E-state index in [-0.39, 0.29) is 5.82 Å².